The van der Waals surface area contributed by atoms with Crippen molar-refractivity contribution in [2.75, 3.05) is 19.6 Å². The maximum Gasteiger partial charge on any atom is 0.0819 e. The Kier molecular flexibility index (Phi) is 5.43. The van der Waals surface area contributed by atoms with Crippen LogP contribution in [-0.4, -0.2) is 34.6 Å². The predicted molar refractivity (Wildman–Crippen MR) is 66.3 cm³/mol. The van der Waals surface area contributed by atoms with Gasteiger partial charge in [-0.05, 0) is 38.1 Å². The summed E-state index contributed by atoms with van der Waals surface area (Å²) in [6, 6.07) is 1.94. The largest absolute Gasteiger partial charge is 0.388 e. The number of nitrogens with zero attached hydrogens (tertiary/aromatic N) is 2. The summed E-state index contributed by atoms with van der Waals surface area (Å²) in [5.74, 6) is 0. The van der Waals surface area contributed by atoms with E-state index in [-0.39, 0.29) is 0 Å². The molecule has 1 heterocycles. The lowest BCUT2D eigenvalue weighted by atomic mass is 10.0. The summed E-state index contributed by atoms with van der Waals surface area (Å²) in [7, 11) is 0. The second kappa shape index (κ2) is 6.61. The Hall–Kier alpha value is -0.930. The van der Waals surface area contributed by atoms with Crippen molar-refractivity contribution in [3.8, 4) is 0 Å². The molecule has 1 unspecified atom stereocenters. The molecular formula is C13H22N2O. The first-order chi connectivity index (χ1) is 7.69. The second-order valence-electron chi connectivity index (χ2n) is 4.06. The van der Waals surface area contributed by atoms with Crippen molar-refractivity contribution in [2.45, 2.75) is 33.3 Å². The number of hydrogen-bond acceptors (Lipinski definition) is 3. The van der Waals surface area contributed by atoms with Gasteiger partial charge in [0.1, 0.15) is 0 Å². The first-order valence-electron chi connectivity index (χ1n) is 6.00. The Balaban J connectivity index is 2.52. The highest BCUT2D eigenvalue weighted by Crippen LogP contribution is 2.19. The van der Waals surface area contributed by atoms with Crippen molar-refractivity contribution in [1.29, 1.82) is 0 Å². The Bertz CT molecular complexity index is 311. The second-order valence-corrected chi connectivity index (χ2v) is 4.06. The molecule has 0 spiro atoms. The summed E-state index contributed by atoms with van der Waals surface area (Å²) in [5, 5.41) is 10.1. The standard InChI is InChI=1S/C13H22N2O/c1-4-15(5-2)9-7-13(16)12-10-14-8-6-11(12)3/h6,8,10,13,16H,4-5,7,9H2,1-3H3. The smallest absolute Gasteiger partial charge is 0.0819 e. The number of hydrogen-bond donors (Lipinski definition) is 1. The third kappa shape index (κ3) is 3.58. The summed E-state index contributed by atoms with van der Waals surface area (Å²) in [5.41, 5.74) is 2.07. The zero-order valence-corrected chi connectivity index (χ0v) is 10.5. The summed E-state index contributed by atoms with van der Waals surface area (Å²) in [6.45, 7) is 9.31. The van der Waals surface area contributed by atoms with E-state index in [0.29, 0.717) is 0 Å². The van der Waals surface area contributed by atoms with Crippen LogP contribution in [0.3, 0.4) is 0 Å². The Morgan fingerprint density at radius 2 is 2.06 bits per heavy atom. The van der Waals surface area contributed by atoms with Gasteiger partial charge in [-0.1, -0.05) is 13.8 Å². The highest BCUT2D eigenvalue weighted by atomic mass is 16.3. The normalized spacial score (nSPS) is 13.1. The van der Waals surface area contributed by atoms with Crippen molar-refractivity contribution in [3.05, 3.63) is 29.6 Å². The minimum Gasteiger partial charge on any atom is -0.388 e. The summed E-state index contributed by atoms with van der Waals surface area (Å²) < 4.78 is 0. The molecule has 3 nitrogen and oxygen atoms in total. The molecule has 1 atom stereocenters. The van der Waals surface area contributed by atoms with Gasteiger partial charge in [-0.2, -0.15) is 0 Å². The van der Waals surface area contributed by atoms with Gasteiger partial charge in [0.05, 0.1) is 6.10 Å². The first-order valence-corrected chi connectivity index (χ1v) is 6.00. The molecule has 3 heteroatoms. The van der Waals surface area contributed by atoms with Crippen LogP contribution in [0.25, 0.3) is 0 Å². The number of aliphatic hydroxyl groups is 1. The lowest BCUT2D eigenvalue weighted by Crippen LogP contribution is -2.25. The van der Waals surface area contributed by atoms with E-state index in [2.05, 4.69) is 23.7 Å². The molecular weight excluding hydrogens is 200 g/mol. The molecule has 90 valence electrons. The quantitative estimate of drug-likeness (QED) is 0.801. The van der Waals surface area contributed by atoms with Crippen molar-refractivity contribution in [1.82, 2.24) is 9.88 Å². The molecule has 0 aromatic carbocycles. The average Bonchev–Trinajstić information content (AvgIpc) is 2.30. The van der Waals surface area contributed by atoms with Gasteiger partial charge in [-0.3, -0.25) is 4.98 Å². The fraction of sp³-hybridized carbons (Fsp3) is 0.615. The van der Waals surface area contributed by atoms with Gasteiger partial charge in [-0.15, -0.1) is 0 Å². The fourth-order valence-electron chi connectivity index (χ4n) is 1.83. The van der Waals surface area contributed by atoms with E-state index >= 15 is 0 Å². The maximum atomic E-state index is 10.1. The number of rotatable bonds is 6. The van der Waals surface area contributed by atoms with Gasteiger partial charge >= 0.3 is 0 Å². The molecule has 0 amide bonds. The minimum atomic E-state index is -0.394. The molecule has 0 saturated heterocycles. The van der Waals surface area contributed by atoms with Crippen LogP contribution in [0.15, 0.2) is 18.5 Å². The lowest BCUT2D eigenvalue weighted by Gasteiger charge is -2.20. The summed E-state index contributed by atoms with van der Waals surface area (Å²) in [6.07, 6.45) is 3.90. The molecule has 0 radical (unpaired) electrons. The van der Waals surface area contributed by atoms with Crippen LogP contribution in [0, 0.1) is 6.92 Å². The van der Waals surface area contributed by atoms with Crippen molar-refractivity contribution < 1.29 is 5.11 Å². The Morgan fingerprint density at radius 1 is 1.38 bits per heavy atom. The van der Waals surface area contributed by atoms with Crippen LogP contribution >= 0.6 is 0 Å². The van der Waals surface area contributed by atoms with Crippen LogP contribution < -0.4 is 0 Å². The zero-order valence-electron chi connectivity index (χ0n) is 10.5. The topological polar surface area (TPSA) is 36.4 Å². The Morgan fingerprint density at radius 3 is 2.62 bits per heavy atom. The average molecular weight is 222 g/mol. The van der Waals surface area contributed by atoms with Crippen LogP contribution in [0.4, 0.5) is 0 Å². The third-order valence-electron chi connectivity index (χ3n) is 3.05. The van der Waals surface area contributed by atoms with Gasteiger partial charge in [0, 0.05) is 24.5 Å². The molecule has 1 aromatic rings. The van der Waals surface area contributed by atoms with Crippen LogP contribution in [0.5, 0.6) is 0 Å². The number of aromatic nitrogens is 1. The van der Waals surface area contributed by atoms with Crippen molar-refractivity contribution >= 4 is 0 Å². The van der Waals surface area contributed by atoms with Gasteiger partial charge in [0.25, 0.3) is 0 Å². The predicted octanol–water partition coefficient (Wildman–Crippen LogP) is 2.16. The van der Waals surface area contributed by atoms with Gasteiger partial charge < -0.3 is 10.0 Å². The van der Waals surface area contributed by atoms with E-state index in [1.165, 1.54) is 0 Å². The zero-order chi connectivity index (χ0) is 12.0. The van der Waals surface area contributed by atoms with Crippen LogP contribution in [0.1, 0.15) is 37.5 Å². The van der Waals surface area contributed by atoms with E-state index in [1.807, 2.05) is 13.0 Å². The molecule has 0 bridgehead atoms. The molecule has 1 rings (SSSR count). The monoisotopic (exact) mass is 222 g/mol. The van der Waals surface area contributed by atoms with Crippen molar-refractivity contribution in [2.24, 2.45) is 0 Å². The van der Waals surface area contributed by atoms with Gasteiger partial charge in [-0.25, -0.2) is 0 Å². The van der Waals surface area contributed by atoms with E-state index in [0.717, 1.165) is 37.2 Å². The van der Waals surface area contributed by atoms with Crippen LogP contribution in [0.2, 0.25) is 0 Å². The third-order valence-corrected chi connectivity index (χ3v) is 3.05. The number of aliphatic hydroxyl groups excluding tert-OH is 1. The highest BCUT2D eigenvalue weighted by Gasteiger charge is 2.11. The molecule has 0 saturated carbocycles. The number of aryl methyl sites for hydroxylation is 1. The fourth-order valence-corrected chi connectivity index (χ4v) is 1.83. The summed E-state index contributed by atoms with van der Waals surface area (Å²) >= 11 is 0. The van der Waals surface area contributed by atoms with Gasteiger partial charge in [0.15, 0.2) is 0 Å². The molecule has 1 N–H and O–H groups in total. The van der Waals surface area contributed by atoms with E-state index < -0.39 is 6.10 Å². The maximum absolute atomic E-state index is 10.1. The lowest BCUT2D eigenvalue weighted by molar-refractivity contribution is 0.144. The van der Waals surface area contributed by atoms with Gasteiger partial charge in [0.2, 0.25) is 0 Å². The Labute approximate surface area is 98.1 Å². The molecule has 0 aliphatic carbocycles. The molecule has 0 aliphatic heterocycles. The molecule has 1 aromatic heterocycles. The van der Waals surface area contributed by atoms with E-state index in [1.54, 1.807) is 12.4 Å². The first kappa shape index (κ1) is 13.1. The van der Waals surface area contributed by atoms with Crippen molar-refractivity contribution in [3.63, 3.8) is 0 Å². The summed E-state index contributed by atoms with van der Waals surface area (Å²) in [4.78, 5) is 6.37. The SMILES string of the molecule is CCN(CC)CCC(O)c1cnccc1C. The number of pyridine rings is 1. The highest BCUT2D eigenvalue weighted by molar-refractivity contribution is 5.23. The van der Waals surface area contributed by atoms with E-state index in [4.69, 9.17) is 0 Å². The molecule has 0 fully saturated rings. The van der Waals surface area contributed by atoms with E-state index in [9.17, 15) is 5.11 Å². The molecule has 0 aliphatic rings. The minimum absolute atomic E-state index is 0.394. The molecule has 16 heavy (non-hydrogen) atoms. The van der Waals surface area contributed by atoms with Crippen LogP contribution in [-0.2, 0) is 0 Å².